The summed E-state index contributed by atoms with van der Waals surface area (Å²) < 4.78 is 10.6. The summed E-state index contributed by atoms with van der Waals surface area (Å²) in [7, 11) is 3.31. The second-order valence-corrected chi connectivity index (χ2v) is 6.22. The molecule has 0 bridgehead atoms. The first-order valence-corrected chi connectivity index (χ1v) is 9.53. The van der Waals surface area contributed by atoms with Crippen molar-refractivity contribution in [2.75, 3.05) is 33.9 Å². The van der Waals surface area contributed by atoms with Gasteiger partial charge in [0, 0.05) is 19.6 Å². The van der Waals surface area contributed by atoms with Crippen molar-refractivity contribution in [1.82, 2.24) is 10.6 Å². The van der Waals surface area contributed by atoms with Crippen LogP contribution in [0.2, 0.25) is 0 Å². The maximum absolute atomic E-state index is 5.36. The molecule has 0 spiro atoms. The largest absolute Gasteiger partial charge is 0.493 e. The van der Waals surface area contributed by atoms with Crippen molar-refractivity contribution in [3.05, 3.63) is 59.7 Å². The fraction of sp³-hybridized carbons (Fsp3) is 0.409. The summed E-state index contributed by atoms with van der Waals surface area (Å²) >= 11 is 0. The van der Waals surface area contributed by atoms with Crippen molar-refractivity contribution in [2.45, 2.75) is 26.2 Å². The van der Waals surface area contributed by atoms with E-state index in [0.717, 1.165) is 56.4 Å². The predicted octanol–water partition coefficient (Wildman–Crippen LogP) is 3.43. The predicted molar refractivity (Wildman–Crippen MR) is 112 cm³/mol. The van der Waals surface area contributed by atoms with Gasteiger partial charge in [0.1, 0.15) is 0 Å². The van der Waals surface area contributed by atoms with Crippen molar-refractivity contribution in [1.29, 1.82) is 0 Å². The number of nitrogens with zero attached hydrogens (tertiary/aromatic N) is 1. The third kappa shape index (κ3) is 7.21. The van der Waals surface area contributed by atoms with Gasteiger partial charge in [-0.25, -0.2) is 0 Å². The molecule has 0 aliphatic heterocycles. The van der Waals surface area contributed by atoms with Crippen LogP contribution in [0.4, 0.5) is 0 Å². The first kappa shape index (κ1) is 20.6. The van der Waals surface area contributed by atoms with Gasteiger partial charge in [-0.15, -0.1) is 0 Å². The molecular weight excluding hydrogens is 338 g/mol. The van der Waals surface area contributed by atoms with E-state index in [9.17, 15) is 0 Å². The molecule has 2 rings (SSSR count). The molecule has 0 radical (unpaired) electrons. The Balaban J connectivity index is 1.78. The molecule has 0 saturated heterocycles. The number of aryl methyl sites for hydroxylation is 1. The lowest BCUT2D eigenvalue weighted by Crippen LogP contribution is -2.38. The number of methoxy groups -OCH3 is 2. The van der Waals surface area contributed by atoms with Crippen LogP contribution in [-0.2, 0) is 12.8 Å². The molecule has 2 aromatic carbocycles. The van der Waals surface area contributed by atoms with Gasteiger partial charge in [0.15, 0.2) is 17.5 Å². The van der Waals surface area contributed by atoms with Gasteiger partial charge in [-0.3, -0.25) is 4.99 Å². The Morgan fingerprint density at radius 2 is 1.67 bits per heavy atom. The lowest BCUT2D eigenvalue weighted by molar-refractivity contribution is 0.354. The van der Waals surface area contributed by atoms with Crippen molar-refractivity contribution >= 4 is 5.96 Å². The van der Waals surface area contributed by atoms with E-state index in [2.05, 4.69) is 52.9 Å². The first-order valence-electron chi connectivity index (χ1n) is 9.53. The highest BCUT2D eigenvalue weighted by atomic mass is 16.5. The average molecular weight is 370 g/mol. The van der Waals surface area contributed by atoms with Crippen LogP contribution in [0.25, 0.3) is 0 Å². The van der Waals surface area contributed by atoms with E-state index in [1.807, 2.05) is 18.2 Å². The molecule has 0 heterocycles. The maximum Gasteiger partial charge on any atom is 0.191 e. The van der Waals surface area contributed by atoms with Gasteiger partial charge in [0.25, 0.3) is 0 Å². The van der Waals surface area contributed by atoms with Gasteiger partial charge in [0.05, 0.1) is 14.2 Å². The van der Waals surface area contributed by atoms with Crippen LogP contribution in [0, 0.1) is 0 Å². The van der Waals surface area contributed by atoms with E-state index >= 15 is 0 Å². The number of aliphatic imine (C=N–C) groups is 1. The highest BCUT2D eigenvalue weighted by Crippen LogP contribution is 2.27. The SMILES string of the molecule is CCNC(=NCCCc1ccc(OC)c(OC)c1)NCCc1ccccc1. The monoisotopic (exact) mass is 369 g/mol. The average Bonchev–Trinajstić information content (AvgIpc) is 2.71. The van der Waals surface area contributed by atoms with Gasteiger partial charge in [0.2, 0.25) is 0 Å². The number of guanidine groups is 1. The lowest BCUT2D eigenvalue weighted by atomic mass is 10.1. The molecule has 5 heteroatoms. The second kappa shape index (κ2) is 11.8. The lowest BCUT2D eigenvalue weighted by Gasteiger charge is -2.12. The number of benzene rings is 2. The van der Waals surface area contributed by atoms with Gasteiger partial charge in [-0.1, -0.05) is 36.4 Å². The van der Waals surface area contributed by atoms with Crippen LogP contribution in [0.5, 0.6) is 11.5 Å². The van der Waals surface area contributed by atoms with E-state index in [-0.39, 0.29) is 0 Å². The van der Waals surface area contributed by atoms with Crippen LogP contribution >= 0.6 is 0 Å². The standard InChI is InChI=1S/C22H31N3O2/c1-4-23-22(25-16-14-18-9-6-5-7-10-18)24-15-8-11-19-12-13-20(26-2)21(17-19)27-3/h5-7,9-10,12-13,17H,4,8,11,14-16H2,1-3H3,(H2,23,24,25). The zero-order valence-electron chi connectivity index (χ0n) is 16.6. The molecule has 0 aliphatic rings. The Morgan fingerprint density at radius 1 is 0.889 bits per heavy atom. The number of nitrogens with one attached hydrogen (secondary N) is 2. The van der Waals surface area contributed by atoms with Crippen LogP contribution in [0.3, 0.4) is 0 Å². The quantitative estimate of drug-likeness (QED) is 0.383. The van der Waals surface area contributed by atoms with E-state index in [1.165, 1.54) is 11.1 Å². The zero-order chi connectivity index (χ0) is 19.3. The minimum atomic E-state index is 0.760. The molecule has 0 aromatic heterocycles. The topological polar surface area (TPSA) is 54.9 Å². The summed E-state index contributed by atoms with van der Waals surface area (Å²) in [5, 5.41) is 6.71. The Morgan fingerprint density at radius 3 is 2.37 bits per heavy atom. The fourth-order valence-corrected chi connectivity index (χ4v) is 2.82. The van der Waals surface area contributed by atoms with E-state index in [0.29, 0.717) is 0 Å². The molecule has 0 amide bonds. The zero-order valence-corrected chi connectivity index (χ0v) is 16.6. The summed E-state index contributed by atoms with van der Waals surface area (Å²) in [5.41, 5.74) is 2.55. The highest BCUT2D eigenvalue weighted by Gasteiger charge is 2.04. The molecule has 0 unspecified atom stereocenters. The molecule has 0 fully saturated rings. The number of hydrogen-bond donors (Lipinski definition) is 2. The molecule has 0 aliphatic carbocycles. The van der Waals surface area contributed by atoms with Crippen LogP contribution < -0.4 is 20.1 Å². The van der Waals surface area contributed by atoms with Crippen molar-refractivity contribution in [3.8, 4) is 11.5 Å². The van der Waals surface area contributed by atoms with Crippen LogP contribution in [-0.4, -0.2) is 39.8 Å². The van der Waals surface area contributed by atoms with Crippen molar-refractivity contribution < 1.29 is 9.47 Å². The van der Waals surface area contributed by atoms with Crippen molar-refractivity contribution in [3.63, 3.8) is 0 Å². The Kier molecular flexibility index (Phi) is 9.04. The molecule has 0 atom stereocenters. The molecule has 146 valence electrons. The summed E-state index contributed by atoms with van der Waals surface area (Å²) in [5.74, 6) is 2.41. The number of hydrogen-bond acceptors (Lipinski definition) is 3. The molecule has 27 heavy (non-hydrogen) atoms. The number of rotatable bonds is 10. The van der Waals surface area contributed by atoms with Crippen LogP contribution in [0.15, 0.2) is 53.5 Å². The molecule has 2 N–H and O–H groups in total. The third-order valence-electron chi connectivity index (χ3n) is 4.23. The van der Waals surface area contributed by atoms with Gasteiger partial charge < -0.3 is 20.1 Å². The van der Waals surface area contributed by atoms with E-state index < -0.39 is 0 Å². The fourth-order valence-electron chi connectivity index (χ4n) is 2.82. The minimum Gasteiger partial charge on any atom is -0.493 e. The van der Waals surface area contributed by atoms with Crippen molar-refractivity contribution in [2.24, 2.45) is 4.99 Å². The number of ether oxygens (including phenoxy) is 2. The van der Waals surface area contributed by atoms with Gasteiger partial charge >= 0.3 is 0 Å². The Bertz CT molecular complexity index is 702. The van der Waals surface area contributed by atoms with E-state index in [4.69, 9.17) is 9.47 Å². The third-order valence-corrected chi connectivity index (χ3v) is 4.23. The molecular formula is C22H31N3O2. The van der Waals surface area contributed by atoms with Gasteiger partial charge in [-0.2, -0.15) is 0 Å². The summed E-state index contributed by atoms with van der Waals surface area (Å²) in [4.78, 5) is 4.67. The minimum absolute atomic E-state index is 0.760. The summed E-state index contributed by atoms with van der Waals surface area (Å²) in [6.45, 7) is 4.57. The summed E-state index contributed by atoms with van der Waals surface area (Å²) in [6.07, 6.45) is 2.91. The summed E-state index contributed by atoms with van der Waals surface area (Å²) in [6, 6.07) is 16.5. The smallest absolute Gasteiger partial charge is 0.191 e. The molecule has 2 aromatic rings. The molecule has 0 saturated carbocycles. The Labute approximate surface area is 162 Å². The van der Waals surface area contributed by atoms with Gasteiger partial charge in [-0.05, 0) is 49.4 Å². The second-order valence-electron chi connectivity index (χ2n) is 6.22. The maximum atomic E-state index is 5.36. The normalized spacial score (nSPS) is 11.1. The van der Waals surface area contributed by atoms with E-state index in [1.54, 1.807) is 14.2 Å². The highest BCUT2D eigenvalue weighted by molar-refractivity contribution is 5.79. The Hall–Kier alpha value is -2.69. The first-order chi connectivity index (χ1) is 13.3. The molecule has 5 nitrogen and oxygen atoms in total. The van der Waals surface area contributed by atoms with Crippen LogP contribution in [0.1, 0.15) is 24.5 Å².